The summed E-state index contributed by atoms with van der Waals surface area (Å²) in [5.74, 6) is 0.150. The van der Waals surface area contributed by atoms with Gasteiger partial charge in [-0.3, -0.25) is 4.79 Å². The number of esters is 1. The zero-order valence-electron chi connectivity index (χ0n) is 24.5. The molecule has 0 unspecified atom stereocenters. The fraction of sp³-hybridized carbons (Fsp3) is 0.875. The van der Waals surface area contributed by atoms with Gasteiger partial charge in [-0.15, -0.1) is 0 Å². The topological polar surface area (TPSA) is 104 Å². The molecule has 0 aromatic carbocycles. The highest BCUT2D eigenvalue weighted by molar-refractivity contribution is 5.81. The summed E-state index contributed by atoms with van der Waals surface area (Å²) >= 11 is 0. The molecule has 38 heavy (non-hydrogen) atoms. The molecule has 5 rings (SSSR count). The van der Waals surface area contributed by atoms with E-state index in [0.717, 1.165) is 44.9 Å². The minimum Gasteiger partial charge on any atom is -0.479 e. The van der Waals surface area contributed by atoms with E-state index >= 15 is 0 Å². The Hall–Kier alpha value is -1.40. The van der Waals surface area contributed by atoms with Gasteiger partial charge < -0.3 is 20.1 Å². The van der Waals surface area contributed by atoms with Crippen LogP contribution >= 0.6 is 0 Å². The maximum Gasteiger partial charge on any atom is 0.341 e. The summed E-state index contributed by atoms with van der Waals surface area (Å²) in [6, 6.07) is 0. The number of aliphatic carboxylic acids is 1. The molecule has 0 aromatic heterocycles. The molecule has 6 heteroatoms. The predicted molar refractivity (Wildman–Crippen MR) is 145 cm³/mol. The lowest BCUT2D eigenvalue weighted by atomic mass is 9.33. The van der Waals surface area contributed by atoms with Crippen molar-refractivity contribution in [2.75, 3.05) is 6.61 Å². The molecule has 214 valence electrons. The van der Waals surface area contributed by atoms with Gasteiger partial charge in [0.25, 0.3) is 0 Å². The number of hydrogen-bond donors (Lipinski definition) is 3. The Kier molecular flexibility index (Phi) is 6.52. The van der Waals surface area contributed by atoms with Crippen LogP contribution in [-0.2, 0) is 14.3 Å². The number of aliphatic hydroxyl groups is 2. The summed E-state index contributed by atoms with van der Waals surface area (Å²) < 4.78 is 5.45. The quantitative estimate of drug-likeness (QED) is 0.324. The van der Waals surface area contributed by atoms with E-state index < -0.39 is 30.2 Å². The van der Waals surface area contributed by atoms with Crippen molar-refractivity contribution in [2.24, 2.45) is 56.7 Å². The molecule has 0 bridgehead atoms. The van der Waals surface area contributed by atoms with E-state index in [1.54, 1.807) is 0 Å². The van der Waals surface area contributed by atoms with Gasteiger partial charge in [0.05, 0.1) is 17.6 Å². The molecule has 6 nitrogen and oxygen atoms in total. The van der Waals surface area contributed by atoms with Crippen LogP contribution < -0.4 is 0 Å². The predicted octanol–water partition coefficient (Wildman–Crippen LogP) is 5.60. The maximum atomic E-state index is 13.7. The summed E-state index contributed by atoms with van der Waals surface area (Å²) in [6.45, 7) is 15.6. The minimum atomic E-state index is -1.11. The Balaban J connectivity index is 1.58. The van der Waals surface area contributed by atoms with Crippen LogP contribution in [0.2, 0.25) is 0 Å². The molecule has 0 heterocycles. The number of fused-ring (bicyclic) bond motifs is 7. The SMILES string of the molecule is C[C@H]1[C@H](C)CC[C@]2(C(=O)OCC(=O)O)CC[C@]3(C)C(=CC[C@@H]4[C@@]5(C)C[C@@H](O)[C@H](O)C(C)(C)[C@@H]5CC[C@]43C)[C@H]12. The van der Waals surface area contributed by atoms with E-state index in [0.29, 0.717) is 30.1 Å². The van der Waals surface area contributed by atoms with Crippen LogP contribution in [0, 0.1) is 56.7 Å². The molecule has 0 spiro atoms. The molecule has 5 aliphatic carbocycles. The molecule has 0 aromatic rings. The summed E-state index contributed by atoms with van der Waals surface area (Å²) in [5, 5.41) is 31.2. The van der Waals surface area contributed by atoms with Gasteiger partial charge in [0.1, 0.15) is 0 Å². The maximum absolute atomic E-state index is 13.7. The first-order chi connectivity index (χ1) is 17.6. The molecule has 4 saturated carbocycles. The van der Waals surface area contributed by atoms with Crippen molar-refractivity contribution in [2.45, 2.75) is 112 Å². The first kappa shape index (κ1) is 28.1. The first-order valence-corrected chi connectivity index (χ1v) is 15.0. The summed E-state index contributed by atoms with van der Waals surface area (Å²) in [6.07, 6.45) is 8.04. The Morgan fingerprint density at radius 2 is 1.66 bits per heavy atom. The molecule has 5 aliphatic rings. The minimum absolute atomic E-state index is 0.0119. The Morgan fingerprint density at radius 1 is 0.974 bits per heavy atom. The number of ether oxygens (including phenoxy) is 1. The normalized spacial score (nSPS) is 51.4. The van der Waals surface area contributed by atoms with E-state index in [2.05, 4.69) is 54.5 Å². The molecule has 0 aliphatic heterocycles. The lowest BCUT2D eigenvalue weighted by Crippen LogP contribution is -2.67. The highest BCUT2D eigenvalue weighted by atomic mass is 16.6. The second-order valence-electron chi connectivity index (χ2n) is 15.3. The van der Waals surface area contributed by atoms with Crippen molar-refractivity contribution in [1.29, 1.82) is 0 Å². The van der Waals surface area contributed by atoms with Crippen LogP contribution in [0.5, 0.6) is 0 Å². The lowest BCUT2D eigenvalue weighted by Gasteiger charge is -2.71. The van der Waals surface area contributed by atoms with Crippen LogP contribution in [0.3, 0.4) is 0 Å². The third kappa shape index (κ3) is 3.50. The largest absolute Gasteiger partial charge is 0.479 e. The van der Waals surface area contributed by atoms with Crippen LogP contribution in [0.25, 0.3) is 0 Å². The smallest absolute Gasteiger partial charge is 0.341 e. The average molecular weight is 531 g/mol. The van der Waals surface area contributed by atoms with E-state index in [1.165, 1.54) is 5.57 Å². The molecule has 0 radical (unpaired) electrons. The van der Waals surface area contributed by atoms with E-state index in [9.17, 15) is 24.9 Å². The number of carboxylic acid groups (broad SMARTS) is 1. The Morgan fingerprint density at radius 3 is 2.32 bits per heavy atom. The van der Waals surface area contributed by atoms with Crippen molar-refractivity contribution >= 4 is 11.9 Å². The van der Waals surface area contributed by atoms with Crippen molar-refractivity contribution in [3.05, 3.63) is 11.6 Å². The second-order valence-corrected chi connectivity index (χ2v) is 15.3. The molecule has 0 saturated heterocycles. The third-order valence-corrected chi connectivity index (χ3v) is 13.7. The van der Waals surface area contributed by atoms with E-state index in [-0.39, 0.29) is 33.5 Å². The molecule has 11 atom stereocenters. The van der Waals surface area contributed by atoms with Gasteiger partial charge in [0.15, 0.2) is 6.61 Å². The first-order valence-electron chi connectivity index (χ1n) is 15.0. The summed E-state index contributed by atoms with van der Waals surface area (Å²) in [4.78, 5) is 24.9. The molecule has 0 amide bonds. The summed E-state index contributed by atoms with van der Waals surface area (Å²) in [5.41, 5.74) is 0.262. The van der Waals surface area contributed by atoms with Crippen molar-refractivity contribution in [1.82, 2.24) is 0 Å². The zero-order chi connectivity index (χ0) is 28.1. The van der Waals surface area contributed by atoms with Crippen LogP contribution in [-0.4, -0.2) is 46.1 Å². The van der Waals surface area contributed by atoms with Crippen molar-refractivity contribution in [3.8, 4) is 0 Å². The fourth-order valence-electron chi connectivity index (χ4n) is 11.3. The second kappa shape index (κ2) is 8.80. The summed E-state index contributed by atoms with van der Waals surface area (Å²) in [7, 11) is 0. The van der Waals surface area contributed by atoms with E-state index in [1.807, 2.05) is 0 Å². The van der Waals surface area contributed by atoms with Crippen molar-refractivity contribution < 1.29 is 29.6 Å². The van der Waals surface area contributed by atoms with E-state index in [4.69, 9.17) is 4.74 Å². The highest BCUT2D eigenvalue weighted by Crippen LogP contribution is 2.75. The fourth-order valence-corrected chi connectivity index (χ4v) is 11.3. The third-order valence-electron chi connectivity index (χ3n) is 13.7. The van der Waals surface area contributed by atoms with Crippen LogP contribution in [0.4, 0.5) is 0 Å². The average Bonchev–Trinajstić information content (AvgIpc) is 2.83. The standard InChI is InChI=1S/C32H50O6/c1-18-10-13-32(27(37)38-17-24(34)35)15-14-30(6)20(25(32)19(18)2)8-9-23-29(5)16-21(33)26(36)28(3,4)22(29)11-12-31(23,30)7/h8,18-19,21-23,25-26,33,36H,9-17H2,1-7H3,(H,34,35)/t18-,19+,21-,22+,23-,25+,26+,29+,30-,31-,32+/m1/s1. The molecular weight excluding hydrogens is 480 g/mol. The van der Waals surface area contributed by atoms with Gasteiger partial charge in [0, 0.05) is 0 Å². The number of carboxylic acids is 1. The van der Waals surface area contributed by atoms with Gasteiger partial charge in [0.2, 0.25) is 0 Å². The number of carbonyl (C=O) groups is 2. The zero-order valence-corrected chi connectivity index (χ0v) is 24.5. The monoisotopic (exact) mass is 530 g/mol. The van der Waals surface area contributed by atoms with Gasteiger partial charge in [-0.2, -0.15) is 0 Å². The number of carbonyl (C=O) groups excluding carboxylic acids is 1. The lowest BCUT2D eigenvalue weighted by molar-refractivity contribution is -0.232. The van der Waals surface area contributed by atoms with Crippen LogP contribution in [0.1, 0.15) is 99.8 Å². The van der Waals surface area contributed by atoms with Gasteiger partial charge in [-0.1, -0.05) is 60.1 Å². The number of aliphatic hydroxyl groups excluding tert-OH is 2. The Bertz CT molecular complexity index is 1030. The highest BCUT2D eigenvalue weighted by Gasteiger charge is 2.70. The van der Waals surface area contributed by atoms with Gasteiger partial charge >= 0.3 is 11.9 Å². The Labute approximate surface area is 228 Å². The molecule has 4 fully saturated rings. The molecule has 3 N–H and O–H groups in total. The van der Waals surface area contributed by atoms with Gasteiger partial charge in [-0.05, 0) is 103 Å². The molecular formula is C32H50O6. The number of rotatable bonds is 3. The van der Waals surface area contributed by atoms with Crippen molar-refractivity contribution in [3.63, 3.8) is 0 Å². The van der Waals surface area contributed by atoms with Crippen LogP contribution in [0.15, 0.2) is 11.6 Å². The number of allylic oxidation sites excluding steroid dienone is 2. The number of hydrogen-bond acceptors (Lipinski definition) is 5. The van der Waals surface area contributed by atoms with Gasteiger partial charge in [-0.25, -0.2) is 4.79 Å².